The van der Waals surface area contributed by atoms with Gasteiger partial charge in [-0.2, -0.15) is 0 Å². The van der Waals surface area contributed by atoms with Crippen molar-refractivity contribution in [3.8, 4) is 11.5 Å². The summed E-state index contributed by atoms with van der Waals surface area (Å²) in [6.07, 6.45) is 4.23. The first kappa shape index (κ1) is 15.2. The number of likely N-dealkylation sites (tertiary alicyclic amines) is 1. The molecule has 3 N–H and O–H groups in total. The number of benzene rings is 1. The molecule has 6 nitrogen and oxygen atoms in total. The SMILES string of the molecule is CN1CC[C@]23c4c5c(CC(=O)O)cc(O)c4O[C@H]2[C@@H](O)C=C[C@H]3[C@H]1C5. The Morgan fingerprint density at radius 1 is 1.44 bits per heavy atom. The van der Waals surface area contributed by atoms with Crippen LogP contribution in [0.15, 0.2) is 18.2 Å². The van der Waals surface area contributed by atoms with Gasteiger partial charge in [-0.25, -0.2) is 0 Å². The van der Waals surface area contributed by atoms with Gasteiger partial charge in [0.15, 0.2) is 11.5 Å². The zero-order valence-electron chi connectivity index (χ0n) is 14.0. The van der Waals surface area contributed by atoms with E-state index in [-0.39, 0.29) is 29.5 Å². The van der Waals surface area contributed by atoms with Crippen LogP contribution in [0.4, 0.5) is 0 Å². The fourth-order valence-corrected chi connectivity index (χ4v) is 5.72. The average Bonchev–Trinajstić information content (AvgIpc) is 2.90. The summed E-state index contributed by atoms with van der Waals surface area (Å²) in [5.41, 5.74) is 2.23. The average molecular weight is 343 g/mol. The van der Waals surface area contributed by atoms with Crippen molar-refractivity contribution in [2.45, 2.75) is 42.9 Å². The molecule has 2 aliphatic carbocycles. The number of nitrogens with zero attached hydrogens (tertiary/aromatic N) is 1. The Balaban J connectivity index is 1.81. The van der Waals surface area contributed by atoms with E-state index in [2.05, 4.69) is 18.0 Å². The standard InChI is InChI=1S/C19H21NO5/c1-20-5-4-19-11-2-3-13(21)18(19)25-17-14(22)6-9(7-15(23)24)10(16(17)19)8-12(11)20/h2-3,6,11-13,18,21-22H,4-5,7-8H2,1H3,(H,23,24)/t11-,12+,13-,18-,19-/m0/s1. The van der Waals surface area contributed by atoms with E-state index in [1.54, 1.807) is 0 Å². The van der Waals surface area contributed by atoms with Crippen molar-refractivity contribution in [1.29, 1.82) is 0 Å². The summed E-state index contributed by atoms with van der Waals surface area (Å²) in [6.45, 7) is 0.893. The number of carboxylic acid groups (broad SMARTS) is 1. The lowest BCUT2D eigenvalue weighted by Crippen LogP contribution is -2.64. The van der Waals surface area contributed by atoms with Crippen molar-refractivity contribution in [2.24, 2.45) is 5.92 Å². The van der Waals surface area contributed by atoms with Gasteiger partial charge in [-0.1, -0.05) is 12.2 Å². The number of carbonyl (C=O) groups is 1. The zero-order chi connectivity index (χ0) is 17.5. The number of hydrogen-bond acceptors (Lipinski definition) is 5. The van der Waals surface area contributed by atoms with Crippen LogP contribution in [0.5, 0.6) is 11.5 Å². The number of likely N-dealkylation sites (N-methyl/N-ethyl adjacent to an activating group) is 1. The second-order valence-corrected chi connectivity index (χ2v) is 7.79. The highest BCUT2D eigenvalue weighted by molar-refractivity contribution is 5.73. The summed E-state index contributed by atoms with van der Waals surface area (Å²) < 4.78 is 6.10. The molecule has 2 bridgehead atoms. The lowest BCUT2D eigenvalue weighted by Gasteiger charge is -2.56. The minimum absolute atomic E-state index is 0.0119. The van der Waals surface area contributed by atoms with Gasteiger partial charge in [0.2, 0.25) is 0 Å². The Kier molecular flexibility index (Phi) is 2.90. The molecular formula is C19H21NO5. The molecule has 0 aromatic heterocycles. The molecule has 0 radical (unpaired) electrons. The van der Waals surface area contributed by atoms with E-state index in [0.29, 0.717) is 11.3 Å². The lowest BCUT2D eigenvalue weighted by atomic mass is 9.53. The van der Waals surface area contributed by atoms with Crippen molar-refractivity contribution in [3.05, 3.63) is 34.9 Å². The summed E-state index contributed by atoms with van der Waals surface area (Å²) in [7, 11) is 2.10. The summed E-state index contributed by atoms with van der Waals surface area (Å²) in [6, 6.07) is 1.78. The van der Waals surface area contributed by atoms with E-state index in [0.717, 1.165) is 30.5 Å². The van der Waals surface area contributed by atoms with Crippen molar-refractivity contribution >= 4 is 5.97 Å². The third kappa shape index (κ3) is 1.74. The Bertz CT molecular complexity index is 819. The third-order valence-corrected chi connectivity index (χ3v) is 6.71. The molecule has 1 aromatic carbocycles. The van der Waals surface area contributed by atoms with Crippen molar-refractivity contribution in [2.75, 3.05) is 13.6 Å². The van der Waals surface area contributed by atoms with Crippen LogP contribution in [-0.2, 0) is 23.1 Å². The molecule has 25 heavy (non-hydrogen) atoms. The van der Waals surface area contributed by atoms with Crippen LogP contribution < -0.4 is 4.74 Å². The van der Waals surface area contributed by atoms with E-state index in [4.69, 9.17) is 4.74 Å². The van der Waals surface area contributed by atoms with Crippen molar-refractivity contribution < 1.29 is 24.9 Å². The number of aliphatic carboxylic acids is 1. The van der Waals surface area contributed by atoms with E-state index in [1.165, 1.54) is 6.07 Å². The number of aliphatic hydroxyl groups excluding tert-OH is 1. The fourth-order valence-electron chi connectivity index (χ4n) is 5.72. The molecule has 0 saturated carbocycles. The molecule has 2 heterocycles. The normalized spacial score (nSPS) is 37.5. The van der Waals surface area contributed by atoms with E-state index in [1.807, 2.05) is 6.08 Å². The number of aromatic hydroxyl groups is 1. The number of aliphatic hydroxyl groups is 1. The summed E-state index contributed by atoms with van der Waals surface area (Å²) in [4.78, 5) is 13.7. The topological polar surface area (TPSA) is 90.2 Å². The Morgan fingerprint density at radius 3 is 3.00 bits per heavy atom. The smallest absolute Gasteiger partial charge is 0.307 e. The van der Waals surface area contributed by atoms with Crippen LogP contribution in [0.3, 0.4) is 0 Å². The third-order valence-electron chi connectivity index (χ3n) is 6.71. The van der Waals surface area contributed by atoms with Gasteiger partial charge in [0.1, 0.15) is 12.2 Å². The number of rotatable bonds is 2. The molecule has 132 valence electrons. The molecule has 1 aromatic rings. The van der Waals surface area contributed by atoms with Crippen molar-refractivity contribution in [3.63, 3.8) is 0 Å². The molecule has 6 heteroatoms. The van der Waals surface area contributed by atoms with Gasteiger partial charge in [0.25, 0.3) is 0 Å². The predicted molar refractivity (Wildman–Crippen MR) is 88.9 cm³/mol. The quantitative estimate of drug-likeness (QED) is 0.689. The number of phenols is 1. The zero-order valence-corrected chi connectivity index (χ0v) is 14.0. The summed E-state index contributed by atoms with van der Waals surface area (Å²) in [5, 5.41) is 30.4. The highest BCUT2D eigenvalue weighted by Gasteiger charge is 2.64. The molecule has 4 aliphatic rings. The number of carboxylic acids is 1. The fraction of sp³-hybridized carbons (Fsp3) is 0.526. The molecule has 1 fully saturated rings. The van der Waals surface area contributed by atoms with Crippen LogP contribution in [-0.4, -0.2) is 58.0 Å². The minimum Gasteiger partial charge on any atom is -0.504 e. The first-order valence-electron chi connectivity index (χ1n) is 8.76. The monoisotopic (exact) mass is 343 g/mol. The Hall–Kier alpha value is -2.05. The van der Waals surface area contributed by atoms with Crippen LogP contribution in [0.25, 0.3) is 0 Å². The molecule has 5 rings (SSSR count). The summed E-state index contributed by atoms with van der Waals surface area (Å²) in [5.74, 6) is -0.271. The summed E-state index contributed by atoms with van der Waals surface area (Å²) >= 11 is 0. The van der Waals surface area contributed by atoms with E-state index < -0.39 is 18.2 Å². The predicted octanol–water partition coefficient (Wildman–Crippen LogP) is 0.825. The molecular weight excluding hydrogens is 322 g/mol. The Labute approximate surface area is 145 Å². The highest BCUT2D eigenvalue weighted by Crippen LogP contribution is 2.62. The molecule has 0 amide bonds. The molecule has 1 saturated heterocycles. The highest BCUT2D eigenvalue weighted by atomic mass is 16.5. The largest absolute Gasteiger partial charge is 0.504 e. The van der Waals surface area contributed by atoms with Crippen LogP contribution in [0, 0.1) is 5.92 Å². The second kappa shape index (κ2) is 4.77. The number of phenolic OH excluding ortho intramolecular Hbond substituents is 1. The van der Waals surface area contributed by atoms with Crippen LogP contribution in [0.1, 0.15) is 23.1 Å². The molecule has 5 atom stereocenters. The van der Waals surface area contributed by atoms with Gasteiger partial charge in [0.05, 0.1) is 6.42 Å². The second-order valence-electron chi connectivity index (χ2n) is 7.79. The van der Waals surface area contributed by atoms with Crippen LogP contribution in [0.2, 0.25) is 0 Å². The first-order chi connectivity index (χ1) is 11.9. The number of piperidine rings is 1. The molecule has 0 unspecified atom stereocenters. The van der Waals surface area contributed by atoms with Gasteiger partial charge < -0.3 is 25.0 Å². The van der Waals surface area contributed by atoms with Gasteiger partial charge in [-0.15, -0.1) is 0 Å². The van der Waals surface area contributed by atoms with Crippen LogP contribution >= 0.6 is 0 Å². The minimum atomic E-state index is -0.909. The lowest BCUT2D eigenvalue weighted by molar-refractivity contribution is -0.136. The van der Waals surface area contributed by atoms with E-state index in [9.17, 15) is 20.1 Å². The maximum Gasteiger partial charge on any atom is 0.307 e. The van der Waals surface area contributed by atoms with Gasteiger partial charge >= 0.3 is 5.97 Å². The van der Waals surface area contributed by atoms with Gasteiger partial charge in [0, 0.05) is 22.9 Å². The van der Waals surface area contributed by atoms with Crippen molar-refractivity contribution in [1.82, 2.24) is 4.90 Å². The molecule has 2 aliphatic heterocycles. The van der Waals surface area contributed by atoms with E-state index >= 15 is 0 Å². The molecule has 1 spiro atoms. The Morgan fingerprint density at radius 2 is 2.24 bits per heavy atom. The maximum atomic E-state index is 11.3. The number of hydrogen-bond donors (Lipinski definition) is 3. The van der Waals surface area contributed by atoms with Gasteiger partial charge in [-0.3, -0.25) is 4.79 Å². The number of ether oxygens (including phenoxy) is 1. The first-order valence-corrected chi connectivity index (χ1v) is 8.76. The van der Waals surface area contributed by atoms with Gasteiger partial charge in [-0.05, 0) is 43.6 Å². The maximum absolute atomic E-state index is 11.3.